The Balaban J connectivity index is 2.52. The van der Waals surface area contributed by atoms with E-state index in [-0.39, 0.29) is 16.8 Å². The number of para-hydroxylation sites is 1. The van der Waals surface area contributed by atoms with Crippen molar-refractivity contribution in [2.75, 3.05) is 0 Å². The number of carbonyl (C=O) groups is 1. The van der Waals surface area contributed by atoms with Crippen molar-refractivity contribution in [1.82, 2.24) is 0 Å². The van der Waals surface area contributed by atoms with Gasteiger partial charge in [-0.25, -0.2) is 4.79 Å². The lowest BCUT2D eigenvalue weighted by Crippen LogP contribution is -1.98. The molecule has 1 N–H and O–H groups in total. The number of nitrogens with zero attached hydrogens (tertiary/aromatic N) is 1. The molecule has 0 unspecified atom stereocenters. The molecular formula is C13H7NO5. The molecule has 0 aliphatic rings. The molecule has 0 radical (unpaired) electrons. The molecule has 2 aromatic carbocycles. The van der Waals surface area contributed by atoms with Crippen molar-refractivity contribution in [2.24, 2.45) is 0 Å². The SMILES string of the molecule is O=C(O)c1cc([N+](=O)[O-])c2oc3ccccc3c2c1. The van der Waals surface area contributed by atoms with Crippen molar-refractivity contribution in [2.45, 2.75) is 0 Å². The molecule has 6 nitrogen and oxygen atoms in total. The highest BCUT2D eigenvalue weighted by Crippen LogP contribution is 2.35. The van der Waals surface area contributed by atoms with Gasteiger partial charge in [0.2, 0.25) is 5.58 Å². The van der Waals surface area contributed by atoms with Crippen LogP contribution in [0.3, 0.4) is 0 Å². The second-order valence-corrected chi connectivity index (χ2v) is 4.03. The fourth-order valence-electron chi connectivity index (χ4n) is 2.07. The Morgan fingerprint density at radius 2 is 1.95 bits per heavy atom. The highest BCUT2D eigenvalue weighted by atomic mass is 16.6. The molecule has 0 aliphatic heterocycles. The van der Waals surface area contributed by atoms with Gasteiger partial charge in [0.1, 0.15) is 5.58 Å². The van der Waals surface area contributed by atoms with Crippen molar-refractivity contribution >= 4 is 33.6 Å². The molecule has 3 rings (SSSR count). The van der Waals surface area contributed by atoms with E-state index in [1.165, 1.54) is 6.07 Å². The van der Waals surface area contributed by atoms with Crippen LogP contribution >= 0.6 is 0 Å². The molecule has 19 heavy (non-hydrogen) atoms. The Kier molecular flexibility index (Phi) is 2.25. The van der Waals surface area contributed by atoms with Crippen LogP contribution in [0.5, 0.6) is 0 Å². The second-order valence-electron chi connectivity index (χ2n) is 4.03. The first kappa shape index (κ1) is 11.2. The van der Waals surface area contributed by atoms with Crippen LogP contribution in [0.1, 0.15) is 10.4 Å². The predicted molar refractivity (Wildman–Crippen MR) is 67.3 cm³/mol. The Hall–Kier alpha value is -2.89. The van der Waals surface area contributed by atoms with Crippen molar-refractivity contribution < 1.29 is 19.2 Å². The van der Waals surface area contributed by atoms with Crippen molar-refractivity contribution in [3.63, 3.8) is 0 Å². The standard InChI is InChI=1S/C13H7NO5/c15-13(16)7-5-9-8-3-1-2-4-11(8)19-12(9)10(6-7)14(17)18/h1-6H,(H,15,16). The first-order valence-corrected chi connectivity index (χ1v) is 5.41. The molecule has 0 saturated heterocycles. The topological polar surface area (TPSA) is 93.6 Å². The van der Waals surface area contributed by atoms with E-state index in [9.17, 15) is 14.9 Å². The number of hydrogen-bond donors (Lipinski definition) is 1. The van der Waals surface area contributed by atoms with E-state index in [4.69, 9.17) is 9.52 Å². The van der Waals surface area contributed by atoms with Gasteiger partial charge in [0.05, 0.1) is 10.5 Å². The van der Waals surface area contributed by atoms with Gasteiger partial charge < -0.3 is 9.52 Å². The third-order valence-corrected chi connectivity index (χ3v) is 2.90. The number of furan rings is 1. The molecular weight excluding hydrogens is 250 g/mol. The molecule has 6 heteroatoms. The summed E-state index contributed by atoms with van der Waals surface area (Å²) in [7, 11) is 0. The van der Waals surface area contributed by atoms with Crippen LogP contribution in [0.15, 0.2) is 40.8 Å². The highest BCUT2D eigenvalue weighted by molar-refractivity contribution is 6.10. The van der Waals surface area contributed by atoms with E-state index in [0.29, 0.717) is 16.4 Å². The van der Waals surface area contributed by atoms with Crippen LogP contribution in [0.25, 0.3) is 21.9 Å². The summed E-state index contributed by atoms with van der Waals surface area (Å²) in [4.78, 5) is 21.4. The zero-order chi connectivity index (χ0) is 13.6. The summed E-state index contributed by atoms with van der Waals surface area (Å²) >= 11 is 0. The van der Waals surface area contributed by atoms with Crippen LogP contribution < -0.4 is 0 Å². The number of nitro benzene ring substituents is 1. The third-order valence-electron chi connectivity index (χ3n) is 2.90. The summed E-state index contributed by atoms with van der Waals surface area (Å²) in [5, 5.41) is 21.1. The van der Waals surface area contributed by atoms with E-state index in [2.05, 4.69) is 0 Å². The molecule has 0 spiro atoms. The zero-order valence-electron chi connectivity index (χ0n) is 9.49. The number of fused-ring (bicyclic) bond motifs is 3. The molecule has 0 aliphatic carbocycles. The summed E-state index contributed by atoms with van der Waals surface area (Å²) in [6, 6.07) is 9.31. The monoisotopic (exact) mass is 257 g/mol. The van der Waals surface area contributed by atoms with Crippen molar-refractivity contribution in [1.29, 1.82) is 0 Å². The number of benzene rings is 2. The van der Waals surface area contributed by atoms with Crippen LogP contribution in [0.2, 0.25) is 0 Å². The van der Waals surface area contributed by atoms with Gasteiger partial charge in [0.15, 0.2) is 0 Å². The normalized spacial score (nSPS) is 10.9. The maximum atomic E-state index is 11.0. The smallest absolute Gasteiger partial charge is 0.335 e. The van der Waals surface area contributed by atoms with E-state index in [1.807, 2.05) is 0 Å². The van der Waals surface area contributed by atoms with Gasteiger partial charge in [0.25, 0.3) is 0 Å². The highest BCUT2D eigenvalue weighted by Gasteiger charge is 2.21. The molecule has 0 fully saturated rings. The largest absolute Gasteiger partial charge is 0.478 e. The fraction of sp³-hybridized carbons (Fsp3) is 0. The van der Waals surface area contributed by atoms with Crippen LogP contribution in [0.4, 0.5) is 5.69 Å². The molecule has 1 heterocycles. The Bertz CT molecular complexity index is 834. The lowest BCUT2D eigenvalue weighted by atomic mass is 10.1. The molecule has 0 amide bonds. The lowest BCUT2D eigenvalue weighted by Gasteiger charge is -1.96. The van der Waals surface area contributed by atoms with Gasteiger partial charge in [0, 0.05) is 16.8 Å². The quantitative estimate of drug-likeness (QED) is 0.562. The number of rotatable bonds is 2. The lowest BCUT2D eigenvalue weighted by molar-refractivity contribution is -0.383. The number of non-ortho nitro benzene ring substituents is 1. The van der Waals surface area contributed by atoms with Crippen molar-refractivity contribution in [3.05, 3.63) is 52.1 Å². The number of carboxylic acid groups (broad SMARTS) is 1. The Morgan fingerprint density at radius 1 is 1.21 bits per heavy atom. The maximum absolute atomic E-state index is 11.0. The second kappa shape index (κ2) is 3.81. The van der Waals surface area contributed by atoms with E-state index in [0.717, 1.165) is 6.07 Å². The fourth-order valence-corrected chi connectivity index (χ4v) is 2.07. The Labute approximate surface area is 106 Å². The average Bonchev–Trinajstić information content (AvgIpc) is 2.75. The molecule has 0 bridgehead atoms. The summed E-state index contributed by atoms with van der Waals surface area (Å²) < 4.78 is 5.45. The minimum atomic E-state index is -1.21. The zero-order valence-corrected chi connectivity index (χ0v) is 9.49. The third kappa shape index (κ3) is 1.61. The number of aromatic carboxylic acids is 1. The molecule has 1 aromatic heterocycles. The van der Waals surface area contributed by atoms with Gasteiger partial charge in [-0.3, -0.25) is 10.1 Å². The first-order valence-electron chi connectivity index (χ1n) is 5.41. The molecule has 3 aromatic rings. The average molecular weight is 257 g/mol. The number of nitro groups is 1. The van der Waals surface area contributed by atoms with Gasteiger partial charge in [-0.2, -0.15) is 0 Å². The van der Waals surface area contributed by atoms with Crippen LogP contribution in [-0.4, -0.2) is 16.0 Å². The number of hydrogen-bond acceptors (Lipinski definition) is 4. The molecule has 0 saturated carbocycles. The van der Waals surface area contributed by atoms with Crippen LogP contribution in [0, 0.1) is 10.1 Å². The van der Waals surface area contributed by atoms with Crippen molar-refractivity contribution in [3.8, 4) is 0 Å². The first-order chi connectivity index (χ1) is 9.08. The molecule has 94 valence electrons. The van der Waals surface area contributed by atoms with Gasteiger partial charge in [-0.15, -0.1) is 0 Å². The summed E-state index contributed by atoms with van der Waals surface area (Å²) in [6.45, 7) is 0. The summed E-state index contributed by atoms with van der Waals surface area (Å²) in [6.07, 6.45) is 0. The van der Waals surface area contributed by atoms with Gasteiger partial charge >= 0.3 is 11.7 Å². The van der Waals surface area contributed by atoms with Gasteiger partial charge in [-0.1, -0.05) is 18.2 Å². The van der Waals surface area contributed by atoms with E-state index in [1.54, 1.807) is 24.3 Å². The van der Waals surface area contributed by atoms with E-state index >= 15 is 0 Å². The predicted octanol–water partition coefficient (Wildman–Crippen LogP) is 3.19. The number of carboxylic acids is 1. The molecule has 0 atom stereocenters. The maximum Gasteiger partial charge on any atom is 0.335 e. The van der Waals surface area contributed by atoms with E-state index < -0.39 is 10.9 Å². The van der Waals surface area contributed by atoms with Crippen LogP contribution in [-0.2, 0) is 0 Å². The minimum absolute atomic E-state index is 0.0937. The Morgan fingerprint density at radius 3 is 2.63 bits per heavy atom. The minimum Gasteiger partial charge on any atom is -0.478 e. The van der Waals surface area contributed by atoms with Gasteiger partial charge in [-0.05, 0) is 12.1 Å². The summed E-state index contributed by atoms with van der Waals surface area (Å²) in [5.41, 5.74) is 0.108. The summed E-state index contributed by atoms with van der Waals surface area (Å²) in [5.74, 6) is -1.21.